The lowest BCUT2D eigenvalue weighted by atomic mass is 9.91. The SMILES string of the molecule is CN(C)c1nc(NC2CCC(NCc3ccccc3N3CCOCC3)CC2)nc2ccccc12. The van der Waals surface area contributed by atoms with Gasteiger partial charge in [0.05, 0.1) is 18.7 Å². The number of aromatic nitrogens is 2. The second-order valence-electron chi connectivity index (χ2n) is 9.58. The van der Waals surface area contributed by atoms with Crippen molar-refractivity contribution < 1.29 is 4.74 Å². The van der Waals surface area contributed by atoms with Gasteiger partial charge in [-0.05, 0) is 49.4 Å². The fourth-order valence-corrected chi connectivity index (χ4v) is 5.12. The Balaban J connectivity index is 1.17. The van der Waals surface area contributed by atoms with Gasteiger partial charge in [-0.25, -0.2) is 4.98 Å². The lowest BCUT2D eigenvalue weighted by Gasteiger charge is -2.32. The number of benzene rings is 2. The van der Waals surface area contributed by atoms with Crippen molar-refractivity contribution >= 4 is 28.4 Å². The molecule has 2 heterocycles. The molecule has 1 aliphatic heterocycles. The number of anilines is 3. The van der Waals surface area contributed by atoms with Gasteiger partial charge in [-0.3, -0.25) is 0 Å². The molecule has 2 fully saturated rings. The lowest BCUT2D eigenvalue weighted by Crippen LogP contribution is -2.39. The monoisotopic (exact) mass is 460 g/mol. The topological polar surface area (TPSA) is 65.6 Å². The molecule has 7 heteroatoms. The Kier molecular flexibility index (Phi) is 7.11. The minimum absolute atomic E-state index is 0.412. The lowest BCUT2D eigenvalue weighted by molar-refractivity contribution is 0.122. The van der Waals surface area contributed by atoms with E-state index in [4.69, 9.17) is 14.7 Å². The van der Waals surface area contributed by atoms with Crippen LogP contribution in [-0.2, 0) is 11.3 Å². The second kappa shape index (κ2) is 10.6. The van der Waals surface area contributed by atoms with Crippen molar-refractivity contribution in [2.75, 3.05) is 55.5 Å². The van der Waals surface area contributed by atoms with E-state index in [2.05, 4.69) is 56.8 Å². The standard InChI is InChI=1S/C27H36N6O/c1-32(2)26-23-8-4-5-9-24(23)30-27(31-26)29-22-13-11-21(12-14-22)28-19-20-7-3-6-10-25(20)33-15-17-34-18-16-33/h3-10,21-22,28H,11-19H2,1-2H3,(H,29,30,31). The summed E-state index contributed by atoms with van der Waals surface area (Å²) in [4.78, 5) is 14.1. The molecule has 34 heavy (non-hydrogen) atoms. The van der Waals surface area contributed by atoms with Gasteiger partial charge >= 0.3 is 0 Å². The normalized spacial score (nSPS) is 20.9. The smallest absolute Gasteiger partial charge is 0.225 e. The number of hydrogen-bond acceptors (Lipinski definition) is 7. The Hall–Kier alpha value is -2.90. The molecule has 5 rings (SSSR count). The summed E-state index contributed by atoms with van der Waals surface area (Å²) >= 11 is 0. The summed E-state index contributed by atoms with van der Waals surface area (Å²) in [5.41, 5.74) is 3.71. The zero-order valence-corrected chi connectivity index (χ0v) is 20.3. The molecule has 180 valence electrons. The zero-order chi connectivity index (χ0) is 23.3. The molecular formula is C27H36N6O. The van der Waals surface area contributed by atoms with E-state index >= 15 is 0 Å². The molecule has 1 aliphatic carbocycles. The molecule has 1 saturated carbocycles. The first-order valence-corrected chi connectivity index (χ1v) is 12.5. The summed E-state index contributed by atoms with van der Waals surface area (Å²) in [6.45, 7) is 4.49. The highest BCUT2D eigenvalue weighted by Crippen LogP contribution is 2.27. The van der Waals surface area contributed by atoms with Crippen molar-refractivity contribution in [1.82, 2.24) is 15.3 Å². The van der Waals surface area contributed by atoms with Gasteiger partial charge in [0.1, 0.15) is 5.82 Å². The van der Waals surface area contributed by atoms with Gasteiger partial charge in [0, 0.05) is 56.9 Å². The van der Waals surface area contributed by atoms with Gasteiger partial charge in [-0.1, -0.05) is 30.3 Å². The van der Waals surface area contributed by atoms with E-state index in [1.165, 1.54) is 11.3 Å². The number of ether oxygens (including phenoxy) is 1. The van der Waals surface area contributed by atoms with E-state index in [0.29, 0.717) is 12.1 Å². The predicted octanol–water partition coefficient (Wildman–Crippen LogP) is 4.05. The van der Waals surface area contributed by atoms with Crippen LogP contribution in [0.1, 0.15) is 31.2 Å². The average molecular weight is 461 g/mol. The zero-order valence-electron chi connectivity index (χ0n) is 20.3. The number of nitrogens with zero attached hydrogens (tertiary/aromatic N) is 4. The van der Waals surface area contributed by atoms with Gasteiger partial charge in [-0.15, -0.1) is 0 Å². The first-order chi connectivity index (χ1) is 16.7. The maximum Gasteiger partial charge on any atom is 0.225 e. The fourth-order valence-electron chi connectivity index (χ4n) is 5.12. The maximum absolute atomic E-state index is 5.53. The highest BCUT2D eigenvalue weighted by atomic mass is 16.5. The summed E-state index contributed by atoms with van der Waals surface area (Å²) in [6, 6.07) is 18.0. The first kappa shape index (κ1) is 22.9. The van der Waals surface area contributed by atoms with Crippen molar-refractivity contribution in [2.45, 2.75) is 44.3 Å². The van der Waals surface area contributed by atoms with Gasteiger partial charge in [0.15, 0.2) is 0 Å². The van der Waals surface area contributed by atoms with Crippen molar-refractivity contribution in [1.29, 1.82) is 0 Å². The van der Waals surface area contributed by atoms with Crippen molar-refractivity contribution in [3.63, 3.8) is 0 Å². The molecule has 1 saturated heterocycles. The molecule has 0 unspecified atom stereocenters. The van der Waals surface area contributed by atoms with Gasteiger partial charge in [0.25, 0.3) is 0 Å². The number of morpholine rings is 1. The van der Waals surface area contributed by atoms with Crippen LogP contribution < -0.4 is 20.4 Å². The van der Waals surface area contributed by atoms with E-state index in [9.17, 15) is 0 Å². The summed E-state index contributed by atoms with van der Waals surface area (Å²) in [7, 11) is 4.07. The number of fused-ring (bicyclic) bond motifs is 1. The van der Waals surface area contributed by atoms with Gasteiger partial charge in [0.2, 0.25) is 5.95 Å². The van der Waals surface area contributed by atoms with Crippen LogP contribution in [0.5, 0.6) is 0 Å². The number of nitrogens with one attached hydrogen (secondary N) is 2. The molecule has 0 amide bonds. The fraction of sp³-hybridized carbons (Fsp3) is 0.481. The first-order valence-electron chi connectivity index (χ1n) is 12.5. The van der Waals surface area contributed by atoms with Crippen LogP contribution in [-0.4, -0.2) is 62.5 Å². The number of rotatable bonds is 7. The van der Waals surface area contributed by atoms with E-state index in [1.807, 2.05) is 26.2 Å². The van der Waals surface area contributed by atoms with Crippen molar-refractivity contribution in [3.05, 3.63) is 54.1 Å². The molecule has 1 aromatic heterocycles. The second-order valence-corrected chi connectivity index (χ2v) is 9.58. The minimum Gasteiger partial charge on any atom is -0.378 e. The Bertz CT molecular complexity index is 1090. The van der Waals surface area contributed by atoms with Crippen LogP contribution in [0.25, 0.3) is 10.9 Å². The highest BCUT2D eigenvalue weighted by Gasteiger charge is 2.23. The van der Waals surface area contributed by atoms with E-state index in [-0.39, 0.29) is 0 Å². The van der Waals surface area contributed by atoms with Gasteiger partial charge in [-0.2, -0.15) is 4.98 Å². The third kappa shape index (κ3) is 5.26. The van der Waals surface area contributed by atoms with Crippen molar-refractivity contribution in [2.24, 2.45) is 0 Å². The highest BCUT2D eigenvalue weighted by molar-refractivity contribution is 5.90. The number of hydrogen-bond donors (Lipinski definition) is 2. The molecule has 2 aliphatic rings. The Morgan fingerprint density at radius 1 is 0.912 bits per heavy atom. The Morgan fingerprint density at radius 3 is 2.41 bits per heavy atom. The van der Waals surface area contributed by atoms with Crippen LogP contribution in [0, 0.1) is 0 Å². The molecule has 2 N–H and O–H groups in total. The summed E-state index contributed by atoms with van der Waals surface area (Å²) in [5.74, 6) is 1.70. The maximum atomic E-state index is 5.53. The van der Waals surface area contributed by atoms with Crippen molar-refractivity contribution in [3.8, 4) is 0 Å². The van der Waals surface area contributed by atoms with E-state index in [0.717, 1.165) is 81.2 Å². The Morgan fingerprint density at radius 2 is 1.62 bits per heavy atom. The molecule has 0 atom stereocenters. The van der Waals surface area contributed by atoms with Gasteiger partial charge < -0.3 is 25.2 Å². The quantitative estimate of drug-likeness (QED) is 0.552. The molecule has 0 bridgehead atoms. The Labute approximate surface area is 202 Å². The predicted molar refractivity (Wildman–Crippen MR) is 140 cm³/mol. The van der Waals surface area contributed by atoms with E-state index in [1.54, 1.807) is 0 Å². The summed E-state index contributed by atoms with van der Waals surface area (Å²) < 4.78 is 5.53. The third-order valence-electron chi connectivity index (χ3n) is 6.99. The van der Waals surface area contributed by atoms with E-state index < -0.39 is 0 Å². The van der Waals surface area contributed by atoms with Crippen LogP contribution >= 0.6 is 0 Å². The average Bonchev–Trinajstić information content (AvgIpc) is 2.88. The molecule has 7 nitrogen and oxygen atoms in total. The molecule has 0 radical (unpaired) electrons. The summed E-state index contributed by atoms with van der Waals surface area (Å²) in [6.07, 6.45) is 4.56. The van der Waals surface area contributed by atoms with Crippen LogP contribution in [0.3, 0.4) is 0 Å². The molecule has 2 aromatic carbocycles. The minimum atomic E-state index is 0.412. The number of para-hydroxylation sites is 2. The molecule has 3 aromatic rings. The molecule has 0 spiro atoms. The third-order valence-corrected chi connectivity index (χ3v) is 6.99. The summed E-state index contributed by atoms with van der Waals surface area (Å²) in [5, 5.41) is 8.53. The largest absolute Gasteiger partial charge is 0.378 e. The van der Waals surface area contributed by atoms with Crippen LogP contribution in [0.2, 0.25) is 0 Å². The van der Waals surface area contributed by atoms with Crippen LogP contribution in [0.4, 0.5) is 17.5 Å². The molecular weight excluding hydrogens is 424 g/mol. The van der Waals surface area contributed by atoms with Crippen LogP contribution in [0.15, 0.2) is 48.5 Å².